The van der Waals surface area contributed by atoms with Gasteiger partial charge in [-0.25, -0.2) is 4.79 Å². The molecule has 0 aromatic heterocycles. The molecule has 0 amide bonds. The van der Waals surface area contributed by atoms with E-state index < -0.39 is 6.10 Å². The first-order chi connectivity index (χ1) is 6.76. The molecule has 4 nitrogen and oxygen atoms in total. The Morgan fingerprint density at radius 2 is 2.00 bits per heavy atom. The number of hydrogen-bond acceptors (Lipinski definition) is 4. The van der Waals surface area contributed by atoms with E-state index in [4.69, 9.17) is 14.2 Å². The summed E-state index contributed by atoms with van der Waals surface area (Å²) < 4.78 is 15.1. The highest BCUT2D eigenvalue weighted by Crippen LogP contribution is 2.01. The molecule has 0 spiro atoms. The minimum absolute atomic E-state index is 0.271. The molecule has 0 fully saturated rings. The van der Waals surface area contributed by atoms with Gasteiger partial charge in [-0.15, -0.1) is 0 Å². The number of methoxy groups -OCH3 is 1. The molecule has 0 rings (SSSR count). The van der Waals surface area contributed by atoms with Crippen molar-refractivity contribution in [2.75, 3.05) is 26.9 Å². The van der Waals surface area contributed by atoms with Gasteiger partial charge < -0.3 is 14.2 Å². The van der Waals surface area contributed by atoms with Gasteiger partial charge in [0.05, 0.1) is 6.61 Å². The Labute approximate surface area is 85.5 Å². The molecule has 0 radical (unpaired) electrons. The topological polar surface area (TPSA) is 44.8 Å². The van der Waals surface area contributed by atoms with Crippen molar-refractivity contribution in [1.82, 2.24) is 0 Å². The zero-order valence-electron chi connectivity index (χ0n) is 9.25. The SMILES string of the molecule is CCOC(=O)C(CC)OCCCOC. The van der Waals surface area contributed by atoms with Crippen LogP contribution in [0.25, 0.3) is 0 Å². The molecule has 4 heteroatoms. The first kappa shape index (κ1) is 13.4. The van der Waals surface area contributed by atoms with Gasteiger partial charge in [-0.05, 0) is 19.8 Å². The van der Waals surface area contributed by atoms with Crippen molar-refractivity contribution in [3.8, 4) is 0 Å². The summed E-state index contributed by atoms with van der Waals surface area (Å²) in [6.45, 7) is 5.27. The monoisotopic (exact) mass is 204 g/mol. The highest BCUT2D eigenvalue weighted by atomic mass is 16.6. The van der Waals surface area contributed by atoms with Crippen LogP contribution in [0.15, 0.2) is 0 Å². The maximum atomic E-state index is 11.3. The quantitative estimate of drug-likeness (QED) is 0.442. The van der Waals surface area contributed by atoms with Crippen LogP contribution in [-0.2, 0) is 19.0 Å². The highest BCUT2D eigenvalue weighted by molar-refractivity contribution is 5.74. The van der Waals surface area contributed by atoms with E-state index in [-0.39, 0.29) is 5.97 Å². The highest BCUT2D eigenvalue weighted by Gasteiger charge is 2.17. The van der Waals surface area contributed by atoms with E-state index in [2.05, 4.69) is 0 Å². The van der Waals surface area contributed by atoms with Crippen molar-refractivity contribution in [2.24, 2.45) is 0 Å². The lowest BCUT2D eigenvalue weighted by Crippen LogP contribution is -2.26. The number of carbonyl (C=O) groups is 1. The molecule has 0 bridgehead atoms. The fourth-order valence-corrected chi connectivity index (χ4v) is 1.02. The minimum atomic E-state index is -0.424. The lowest BCUT2D eigenvalue weighted by molar-refractivity contribution is -0.157. The van der Waals surface area contributed by atoms with Gasteiger partial charge in [0.2, 0.25) is 0 Å². The molecule has 0 aromatic rings. The van der Waals surface area contributed by atoms with Crippen LogP contribution in [-0.4, -0.2) is 39.0 Å². The summed E-state index contributed by atoms with van der Waals surface area (Å²) in [5, 5.41) is 0. The summed E-state index contributed by atoms with van der Waals surface area (Å²) >= 11 is 0. The summed E-state index contributed by atoms with van der Waals surface area (Å²) in [6.07, 6.45) is 1.02. The Bertz CT molecular complexity index is 147. The molecule has 0 aromatic carbocycles. The van der Waals surface area contributed by atoms with Crippen LogP contribution in [0.5, 0.6) is 0 Å². The molecular formula is C10H20O4. The van der Waals surface area contributed by atoms with E-state index in [9.17, 15) is 4.79 Å². The van der Waals surface area contributed by atoms with Crippen molar-refractivity contribution in [1.29, 1.82) is 0 Å². The molecule has 0 N–H and O–H groups in total. The van der Waals surface area contributed by atoms with Crippen LogP contribution in [0.2, 0.25) is 0 Å². The second-order valence-electron chi connectivity index (χ2n) is 2.87. The molecule has 84 valence electrons. The average molecular weight is 204 g/mol. The normalized spacial score (nSPS) is 12.5. The van der Waals surface area contributed by atoms with E-state index in [0.717, 1.165) is 6.42 Å². The first-order valence-corrected chi connectivity index (χ1v) is 5.03. The summed E-state index contributed by atoms with van der Waals surface area (Å²) in [5.41, 5.74) is 0. The van der Waals surface area contributed by atoms with E-state index in [1.807, 2.05) is 6.92 Å². The maximum Gasteiger partial charge on any atom is 0.335 e. The van der Waals surface area contributed by atoms with Gasteiger partial charge in [0.15, 0.2) is 6.10 Å². The fourth-order valence-electron chi connectivity index (χ4n) is 1.02. The Kier molecular flexibility index (Phi) is 8.57. The summed E-state index contributed by atoms with van der Waals surface area (Å²) in [5.74, 6) is -0.271. The molecule has 0 aliphatic carbocycles. The van der Waals surface area contributed by atoms with E-state index >= 15 is 0 Å². The molecule has 0 aliphatic rings. The number of carbonyl (C=O) groups excluding carboxylic acids is 1. The van der Waals surface area contributed by atoms with Gasteiger partial charge in [-0.1, -0.05) is 6.92 Å². The first-order valence-electron chi connectivity index (χ1n) is 5.03. The predicted molar refractivity (Wildman–Crippen MR) is 53.2 cm³/mol. The molecular weight excluding hydrogens is 184 g/mol. The van der Waals surface area contributed by atoms with Gasteiger partial charge in [-0.3, -0.25) is 0 Å². The van der Waals surface area contributed by atoms with Crippen molar-refractivity contribution < 1.29 is 19.0 Å². The molecule has 0 saturated carbocycles. The Morgan fingerprint density at radius 1 is 1.29 bits per heavy atom. The van der Waals surface area contributed by atoms with E-state index in [1.165, 1.54) is 0 Å². The van der Waals surface area contributed by atoms with Crippen molar-refractivity contribution in [3.63, 3.8) is 0 Å². The number of hydrogen-bond donors (Lipinski definition) is 0. The standard InChI is InChI=1S/C10H20O4/c1-4-9(10(11)13-5-2)14-8-6-7-12-3/h9H,4-8H2,1-3H3. The van der Waals surface area contributed by atoms with Gasteiger partial charge >= 0.3 is 5.97 Å². The minimum Gasteiger partial charge on any atom is -0.464 e. The van der Waals surface area contributed by atoms with Crippen LogP contribution in [0, 0.1) is 0 Å². The lowest BCUT2D eigenvalue weighted by Gasteiger charge is -2.14. The molecule has 0 heterocycles. The third-order valence-corrected chi connectivity index (χ3v) is 1.73. The smallest absolute Gasteiger partial charge is 0.335 e. The Hall–Kier alpha value is -0.610. The molecule has 0 aliphatic heterocycles. The summed E-state index contributed by atoms with van der Waals surface area (Å²) in [7, 11) is 1.64. The predicted octanol–water partition coefficient (Wildman–Crippen LogP) is 1.38. The molecule has 1 atom stereocenters. The number of ether oxygens (including phenoxy) is 3. The van der Waals surface area contributed by atoms with Crippen molar-refractivity contribution in [2.45, 2.75) is 32.8 Å². The van der Waals surface area contributed by atoms with E-state index in [1.54, 1.807) is 14.0 Å². The van der Waals surface area contributed by atoms with Crippen LogP contribution in [0.4, 0.5) is 0 Å². The number of esters is 1. The summed E-state index contributed by atoms with van der Waals surface area (Å²) in [4.78, 5) is 11.3. The van der Waals surface area contributed by atoms with Crippen LogP contribution in [0.3, 0.4) is 0 Å². The third-order valence-electron chi connectivity index (χ3n) is 1.73. The second-order valence-corrected chi connectivity index (χ2v) is 2.87. The van der Waals surface area contributed by atoms with Crippen molar-refractivity contribution >= 4 is 5.97 Å². The van der Waals surface area contributed by atoms with Crippen LogP contribution in [0.1, 0.15) is 26.7 Å². The lowest BCUT2D eigenvalue weighted by atomic mass is 10.3. The molecule has 0 saturated heterocycles. The summed E-state index contributed by atoms with van der Waals surface area (Å²) in [6, 6.07) is 0. The zero-order chi connectivity index (χ0) is 10.8. The van der Waals surface area contributed by atoms with Gasteiger partial charge in [0.25, 0.3) is 0 Å². The fraction of sp³-hybridized carbons (Fsp3) is 0.900. The Balaban J connectivity index is 3.62. The largest absolute Gasteiger partial charge is 0.464 e. The number of rotatable bonds is 8. The van der Waals surface area contributed by atoms with Crippen LogP contribution >= 0.6 is 0 Å². The molecule has 1 unspecified atom stereocenters. The third kappa shape index (κ3) is 5.94. The second kappa shape index (κ2) is 8.97. The maximum absolute atomic E-state index is 11.3. The molecule has 14 heavy (non-hydrogen) atoms. The Morgan fingerprint density at radius 3 is 2.50 bits per heavy atom. The van der Waals surface area contributed by atoms with Gasteiger partial charge in [-0.2, -0.15) is 0 Å². The van der Waals surface area contributed by atoms with Crippen molar-refractivity contribution in [3.05, 3.63) is 0 Å². The average Bonchev–Trinajstić information content (AvgIpc) is 2.18. The van der Waals surface area contributed by atoms with Crippen LogP contribution < -0.4 is 0 Å². The zero-order valence-corrected chi connectivity index (χ0v) is 9.25. The van der Waals surface area contributed by atoms with Gasteiger partial charge in [0, 0.05) is 20.3 Å². The van der Waals surface area contributed by atoms with E-state index in [0.29, 0.717) is 26.2 Å². The van der Waals surface area contributed by atoms with Gasteiger partial charge in [0.1, 0.15) is 0 Å².